The Morgan fingerprint density at radius 1 is 0.960 bits per heavy atom. The summed E-state index contributed by atoms with van der Waals surface area (Å²) in [7, 11) is 0. The van der Waals surface area contributed by atoms with Crippen LogP contribution in [0.4, 0.5) is 0 Å². The van der Waals surface area contributed by atoms with Crippen LogP contribution in [0.25, 0.3) is 11.3 Å². The topological polar surface area (TPSA) is 29.9 Å². The monoisotopic (exact) mass is 331 g/mol. The third-order valence-electron chi connectivity index (χ3n) is 4.96. The molecule has 1 aromatic heterocycles. The predicted molar refractivity (Wildman–Crippen MR) is 103 cm³/mol. The Bertz CT molecular complexity index is 787. The molecule has 0 amide bonds. The standard InChI is InChI=1S/C22H25N3/c1-3-9-18(10-4-1)15-22-24-21(19-11-5-2-6-12-19)17-25(22)16-20-13-7-8-14-23-20/h1-6,9-12,17,20,23H,7-8,13-16H2. The minimum absolute atomic E-state index is 0.557. The zero-order valence-corrected chi connectivity index (χ0v) is 14.6. The van der Waals surface area contributed by atoms with Gasteiger partial charge in [0, 0.05) is 30.8 Å². The van der Waals surface area contributed by atoms with Gasteiger partial charge in [-0.05, 0) is 24.9 Å². The first-order chi connectivity index (χ1) is 12.4. The third kappa shape index (κ3) is 3.99. The number of imidazole rings is 1. The van der Waals surface area contributed by atoms with E-state index in [0.717, 1.165) is 31.0 Å². The molecule has 1 aliphatic rings. The first-order valence-electron chi connectivity index (χ1n) is 9.27. The number of aromatic nitrogens is 2. The van der Waals surface area contributed by atoms with Crippen LogP contribution in [0, 0.1) is 0 Å². The summed E-state index contributed by atoms with van der Waals surface area (Å²) < 4.78 is 2.36. The number of hydrogen-bond donors (Lipinski definition) is 1. The quantitative estimate of drug-likeness (QED) is 0.756. The third-order valence-corrected chi connectivity index (χ3v) is 4.96. The molecule has 2 heterocycles. The second-order valence-corrected chi connectivity index (χ2v) is 6.87. The summed E-state index contributed by atoms with van der Waals surface area (Å²) in [6, 6.07) is 21.7. The van der Waals surface area contributed by atoms with Gasteiger partial charge in [-0.15, -0.1) is 0 Å². The highest BCUT2D eigenvalue weighted by Crippen LogP contribution is 2.21. The van der Waals surface area contributed by atoms with Crippen LogP contribution in [-0.2, 0) is 13.0 Å². The zero-order chi connectivity index (χ0) is 16.9. The largest absolute Gasteiger partial charge is 0.332 e. The lowest BCUT2D eigenvalue weighted by atomic mass is 10.0. The smallest absolute Gasteiger partial charge is 0.113 e. The van der Waals surface area contributed by atoms with Crippen molar-refractivity contribution < 1.29 is 0 Å². The maximum absolute atomic E-state index is 4.98. The molecule has 1 atom stereocenters. The molecule has 1 fully saturated rings. The van der Waals surface area contributed by atoms with Crippen LogP contribution < -0.4 is 5.32 Å². The van der Waals surface area contributed by atoms with Gasteiger partial charge in [0.1, 0.15) is 5.82 Å². The lowest BCUT2D eigenvalue weighted by molar-refractivity contribution is 0.360. The van der Waals surface area contributed by atoms with Crippen molar-refractivity contribution in [1.29, 1.82) is 0 Å². The van der Waals surface area contributed by atoms with Crippen LogP contribution in [0.2, 0.25) is 0 Å². The summed E-state index contributed by atoms with van der Waals surface area (Å²) in [6.07, 6.45) is 6.98. The van der Waals surface area contributed by atoms with Crippen molar-refractivity contribution in [3.63, 3.8) is 0 Å². The second kappa shape index (κ2) is 7.66. The van der Waals surface area contributed by atoms with Crippen molar-refractivity contribution in [3.8, 4) is 11.3 Å². The normalized spacial score (nSPS) is 17.5. The fraction of sp³-hybridized carbons (Fsp3) is 0.318. The molecule has 1 aliphatic heterocycles. The molecule has 4 rings (SSSR count). The van der Waals surface area contributed by atoms with Crippen molar-refractivity contribution in [1.82, 2.24) is 14.9 Å². The number of nitrogens with zero attached hydrogens (tertiary/aromatic N) is 2. The first kappa shape index (κ1) is 16.1. The van der Waals surface area contributed by atoms with Crippen molar-refractivity contribution in [2.45, 2.75) is 38.3 Å². The maximum Gasteiger partial charge on any atom is 0.113 e. The van der Waals surface area contributed by atoms with Gasteiger partial charge in [0.15, 0.2) is 0 Å². The van der Waals surface area contributed by atoms with Crippen molar-refractivity contribution in [3.05, 3.63) is 78.2 Å². The lowest BCUT2D eigenvalue weighted by Crippen LogP contribution is -2.37. The predicted octanol–water partition coefficient (Wildman–Crippen LogP) is 4.28. The number of nitrogens with one attached hydrogen (secondary N) is 1. The molecule has 3 nitrogen and oxygen atoms in total. The molecule has 0 spiro atoms. The zero-order valence-electron chi connectivity index (χ0n) is 14.6. The maximum atomic E-state index is 4.98. The van der Waals surface area contributed by atoms with E-state index in [4.69, 9.17) is 4.98 Å². The van der Waals surface area contributed by atoms with E-state index in [0.29, 0.717) is 6.04 Å². The Morgan fingerprint density at radius 3 is 2.44 bits per heavy atom. The van der Waals surface area contributed by atoms with Crippen LogP contribution in [0.3, 0.4) is 0 Å². The van der Waals surface area contributed by atoms with E-state index < -0.39 is 0 Å². The molecule has 1 unspecified atom stereocenters. The molecule has 0 radical (unpaired) electrons. The Kier molecular flexibility index (Phi) is 4.93. The van der Waals surface area contributed by atoms with Crippen molar-refractivity contribution >= 4 is 0 Å². The summed E-state index contributed by atoms with van der Waals surface area (Å²) in [5.74, 6) is 1.15. The van der Waals surface area contributed by atoms with Gasteiger partial charge in [-0.3, -0.25) is 0 Å². The SMILES string of the molecule is c1ccc(Cc2nc(-c3ccccc3)cn2CC2CCCCN2)cc1. The van der Waals surface area contributed by atoms with Crippen molar-refractivity contribution in [2.24, 2.45) is 0 Å². The van der Waals surface area contributed by atoms with E-state index in [2.05, 4.69) is 76.7 Å². The van der Waals surface area contributed by atoms with Crippen LogP contribution in [0.5, 0.6) is 0 Å². The summed E-state index contributed by atoms with van der Waals surface area (Å²) >= 11 is 0. The molecule has 3 aromatic rings. The minimum Gasteiger partial charge on any atom is -0.332 e. The molecule has 128 valence electrons. The highest BCUT2D eigenvalue weighted by molar-refractivity contribution is 5.58. The van der Waals surface area contributed by atoms with Gasteiger partial charge in [-0.25, -0.2) is 4.98 Å². The van der Waals surface area contributed by atoms with E-state index in [1.165, 1.54) is 30.4 Å². The molecular weight excluding hydrogens is 306 g/mol. The number of piperidine rings is 1. The highest BCUT2D eigenvalue weighted by Gasteiger charge is 2.17. The van der Waals surface area contributed by atoms with Gasteiger partial charge >= 0.3 is 0 Å². The molecule has 2 aromatic carbocycles. The van der Waals surface area contributed by atoms with E-state index in [-0.39, 0.29) is 0 Å². The molecule has 0 aliphatic carbocycles. The van der Waals surface area contributed by atoms with Crippen LogP contribution in [0.15, 0.2) is 66.9 Å². The summed E-state index contributed by atoms with van der Waals surface area (Å²) in [5.41, 5.74) is 3.57. The number of benzene rings is 2. The summed E-state index contributed by atoms with van der Waals surface area (Å²) in [6.45, 7) is 2.14. The van der Waals surface area contributed by atoms with Crippen molar-refractivity contribution in [2.75, 3.05) is 6.54 Å². The summed E-state index contributed by atoms with van der Waals surface area (Å²) in [5, 5.41) is 3.66. The lowest BCUT2D eigenvalue weighted by Gasteiger charge is -2.24. The fourth-order valence-electron chi connectivity index (χ4n) is 3.60. The van der Waals surface area contributed by atoms with E-state index in [9.17, 15) is 0 Å². The molecular formula is C22H25N3. The molecule has 0 saturated carbocycles. The summed E-state index contributed by atoms with van der Waals surface area (Å²) in [4.78, 5) is 4.98. The Labute approximate surface area is 149 Å². The van der Waals surface area contributed by atoms with Crippen LogP contribution >= 0.6 is 0 Å². The van der Waals surface area contributed by atoms with Gasteiger partial charge in [0.05, 0.1) is 5.69 Å². The highest BCUT2D eigenvalue weighted by atomic mass is 15.1. The average Bonchev–Trinajstić information content (AvgIpc) is 3.06. The Morgan fingerprint density at radius 2 is 1.72 bits per heavy atom. The first-order valence-corrected chi connectivity index (χ1v) is 9.27. The van der Waals surface area contributed by atoms with Gasteiger partial charge < -0.3 is 9.88 Å². The molecule has 3 heteroatoms. The fourth-order valence-corrected chi connectivity index (χ4v) is 3.60. The van der Waals surface area contributed by atoms with E-state index >= 15 is 0 Å². The second-order valence-electron chi connectivity index (χ2n) is 6.87. The van der Waals surface area contributed by atoms with Crippen LogP contribution in [-0.4, -0.2) is 22.1 Å². The number of hydrogen-bond acceptors (Lipinski definition) is 2. The Balaban J connectivity index is 1.63. The van der Waals surface area contributed by atoms with Gasteiger partial charge in [0.25, 0.3) is 0 Å². The average molecular weight is 331 g/mol. The van der Waals surface area contributed by atoms with Gasteiger partial charge in [-0.1, -0.05) is 67.1 Å². The molecule has 0 bridgehead atoms. The van der Waals surface area contributed by atoms with Gasteiger partial charge in [0.2, 0.25) is 0 Å². The van der Waals surface area contributed by atoms with E-state index in [1.54, 1.807) is 0 Å². The molecule has 1 N–H and O–H groups in total. The molecule has 1 saturated heterocycles. The number of rotatable bonds is 5. The minimum atomic E-state index is 0.557. The van der Waals surface area contributed by atoms with Gasteiger partial charge in [-0.2, -0.15) is 0 Å². The Hall–Kier alpha value is -2.39. The molecule has 25 heavy (non-hydrogen) atoms. The van der Waals surface area contributed by atoms with E-state index in [1.807, 2.05) is 0 Å². The van der Waals surface area contributed by atoms with Crippen LogP contribution in [0.1, 0.15) is 30.7 Å².